The summed E-state index contributed by atoms with van der Waals surface area (Å²) in [5.74, 6) is -0.121. The number of hydrogen-bond donors (Lipinski definition) is 2. The van der Waals surface area contributed by atoms with Crippen molar-refractivity contribution in [2.75, 3.05) is 17.6 Å². The molecule has 0 saturated heterocycles. The van der Waals surface area contributed by atoms with Gasteiger partial charge in [-0.3, -0.25) is 0 Å². The zero-order chi connectivity index (χ0) is 12.3. The standard InChI is InChI=1S/C10H12N4O2S/c11-17(15,16)6-5-12-10-7-13-14-9-4-2-1-3-8(9)10/h1-4,7H,5-6H2,(H,12,14)(H2,11,15,16). The average Bonchev–Trinajstić information content (AvgIpc) is 2.28. The number of fused-ring (bicyclic) bond motifs is 1. The van der Waals surface area contributed by atoms with E-state index >= 15 is 0 Å². The highest BCUT2D eigenvalue weighted by atomic mass is 32.2. The van der Waals surface area contributed by atoms with Crippen molar-refractivity contribution < 1.29 is 8.42 Å². The molecule has 1 aromatic carbocycles. The van der Waals surface area contributed by atoms with Crippen LogP contribution in [0.1, 0.15) is 0 Å². The summed E-state index contributed by atoms with van der Waals surface area (Å²) < 4.78 is 21.6. The smallest absolute Gasteiger partial charge is 0.210 e. The summed E-state index contributed by atoms with van der Waals surface area (Å²) in [5.41, 5.74) is 1.51. The Balaban J connectivity index is 2.19. The normalized spacial score (nSPS) is 11.6. The number of anilines is 1. The number of nitrogens with one attached hydrogen (secondary N) is 1. The molecular weight excluding hydrogens is 240 g/mol. The molecule has 0 unspecified atom stereocenters. The van der Waals surface area contributed by atoms with Crippen molar-refractivity contribution in [2.24, 2.45) is 5.14 Å². The van der Waals surface area contributed by atoms with E-state index < -0.39 is 10.0 Å². The summed E-state index contributed by atoms with van der Waals surface area (Å²) in [5, 5.41) is 16.6. The van der Waals surface area contributed by atoms with Crippen molar-refractivity contribution in [3.8, 4) is 0 Å². The minimum Gasteiger partial charge on any atom is -0.382 e. The number of nitrogens with two attached hydrogens (primary N) is 1. The second-order valence-corrected chi connectivity index (χ2v) is 5.30. The number of nitrogens with zero attached hydrogens (tertiary/aromatic N) is 2. The maximum Gasteiger partial charge on any atom is 0.210 e. The van der Waals surface area contributed by atoms with Gasteiger partial charge in [0.2, 0.25) is 10.0 Å². The molecule has 0 bridgehead atoms. The molecule has 0 aliphatic heterocycles. The Morgan fingerprint density at radius 2 is 2.06 bits per heavy atom. The lowest BCUT2D eigenvalue weighted by molar-refractivity contribution is 0.598. The van der Waals surface area contributed by atoms with Crippen LogP contribution >= 0.6 is 0 Å². The van der Waals surface area contributed by atoms with E-state index in [1.807, 2.05) is 24.3 Å². The lowest BCUT2D eigenvalue weighted by atomic mass is 10.2. The third-order valence-electron chi connectivity index (χ3n) is 2.25. The monoisotopic (exact) mass is 252 g/mol. The molecule has 0 atom stereocenters. The first-order valence-corrected chi connectivity index (χ1v) is 6.72. The zero-order valence-electron chi connectivity index (χ0n) is 9.00. The van der Waals surface area contributed by atoms with Crippen molar-refractivity contribution in [1.29, 1.82) is 0 Å². The van der Waals surface area contributed by atoms with Crippen LogP contribution in [0.3, 0.4) is 0 Å². The Bertz CT molecular complexity index is 622. The molecule has 2 rings (SSSR count). The highest BCUT2D eigenvalue weighted by Gasteiger charge is 2.04. The molecule has 1 aromatic heterocycles. The van der Waals surface area contributed by atoms with Gasteiger partial charge < -0.3 is 5.32 Å². The van der Waals surface area contributed by atoms with E-state index in [0.717, 1.165) is 16.6 Å². The summed E-state index contributed by atoms with van der Waals surface area (Å²) in [7, 11) is -3.45. The van der Waals surface area contributed by atoms with Crippen molar-refractivity contribution in [1.82, 2.24) is 10.2 Å². The lowest BCUT2D eigenvalue weighted by Crippen LogP contribution is -2.22. The summed E-state index contributed by atoms with van der Waals surface area (Å²) >= 11 is 0. The molecule has 0 aliphatic carbocycles. The van der Waals surface area contributed by atoms with Gasteiger partial charge >= 0.3 is 0 Å². The van der Waals surface area contributed by atoms with Gasteiger partial charge in [-0.15, -0.1) is 0 Å². The zero-order valence-corrected chi connectivity index (χ0v) is 9.81. The van der Waals surface area contributed by atoms with Crippen LogP contribution in [0.25, 0.3) is 10.9 Å². The number of hydrogen-bond acceptors (Lipinski definition) is 5. The van der Waals surface area contributed by atoms with Gasteiger partial charge in [-0.1, -0.05) is 18.2 Å². The van der Waals surface area contributed by atoms with Gasteiger partial charge in [-0.05, 0) is 6.07 Å². The molecule has 0 fully saturated rings. The maximum atomic E-state index is 10.8. The molecule has 0 saturated carbocycles. The summed E-state index contributed by atoms with van der Waals surface area (Å²) in [6, 6.07) is 7.48. The van der Waals surface area contributed by atoms with Crippen LogP contribution in [-0.2, 0) is 10.0 Å². The Hall–Kier alpha value is -1.73. The fourth-order valence-electron chi connectivity index (χ4n) is 1.48. The van der Waals surface area contributed by atoms with E-state index in [0.29, 0.717) is 0 Å². The van der Waals surface area contributed by atoms with Gasteiger partial charge in [-0.25, -0.2) is 13.6 Å². The van der Waals surface area contributed by atoms with Gasteiger partial charge in [0.25, 0.3) is 0 Å². The molecule has 0 aliphatic rings. The quantitative estimate of drug-likeness (QED) is 0.817. The molecule has 2 aromatic rings. The van der Waals surface area contributed by atoms with Crippen molar-refractivity contribution in [3.63, 3.8) is 0 Å². The van der Waals surface area contributed by atoms with Crippen LogP contribution in [-0.4, -0.2) is 30.9 Å². The topological polar surface area (TPSA) is 98.0 Å². The number of sulfonamides is 1. The minimum absolute atomic E-state index is 0.121. The van der Waals surface area contributed by atoms with Gasteiger partial charge in [0.1, 0.15) is 0 Å². The van der Waals surface area contributed by atoms with Crippen molar-refractivity contribution in [2.45, 2.75) is 0 Å². The molecule has 0 radical (unpaired) electrons. The van der Waals surface area contributed by atoms with Crippen LogP contribution < -0.4 is 10.5 Å². The van der Waals surface area contributed by atoms with Crippen LogP contribution in [0.5, 0.6) is 0 Å². The van der Waals surface area contributed by atoms with Gasteiger partial charge in [0, 0.05) is 11.9 Å². The molecule has 6 nitrogen and oxygen atoms in total. The summed E-state index contributed by atoms with van der Waals surface area (Å²) in [4.78, 5) is 0. The van der Waals surface area contributed by atoms with Crippen LogP contribution in [0.4, 0.5) is 5.69 Å². The molecular formula is C10H12N4O2S. The maximum absolute atomic E-state index is 10.8. The largest absolute Gasteiger partial charge is 0.382 e. The first-order chi connectivity index (χ1) is 8.06. The number of primary sulfonamides is 1. The third kappa shape index (κ3) is 3.11. The Labute approximate surface area is 98.9 Å². The molecule has 7 heteroatoms. The van der Waals surface area contributed by atoms with Crippen molar-refractivity contribution in [3.05, 3.63) is 30.5 Å². The van der Waals surface area contributed by atoms with Crippen LogP contribution in [0.2, 0.25) is 0 Å². The fraction of sp³-hybridized carbons (Fsp3) is 0.200. The predicted molar refractivity (Wildman–Crippen MR) is 66.0 cm³/mol. The van der Waals surface area contributed by atoms with Gasteiger partial charge in [-0.2, -0.15) is 10.2 Å². The molecule has 0 amide bonds. The molecule has 0 spiro atoms. The van der Waals surface area contributed by atoms with E-state index in [9.17, 15) is 8.42 Å². The second kappa shape index (κ2) is 4.64. The van der Waals surface area contributed by atoms with Crippen LogP contribution in [0.15, 0.2) is 30.5 Å². The summed E-state index contributed by atoms with van der Waals surface area (Å²) in [6.07, 6.45) is 1.56. The summed E-state index contributed by atoms with van der Waals surface area (Å²) in [6.45, 7) is 0.245. The lowest BCUT2D eigenvalue weighted by Gasteiger charge is -2.07. The van der Waals surface area contributed by atoms with E-state index in [4.69, 9.17) is 5.14 Å². The van der Waals surface area contributed by atoms with E-state index in [-0.39, 0.29) is 12.3 Å². The Kier molecular flexibility index (Phi) is 3.21. The number of rotatable bonds is 4. The number of aromatic nitrogens is 2. The SMILES string of the molecule is NS(=O)(=O)CCNc1cnnc2ccccc12. The second-order valence-electron chi connectivity index (χ2n) is 3.57. The van der Waals surface area contributed by atoms with Crippen molar-refractivity contribution >= 4 is 26.6 Å². The molecule has 17 heavy (non-hydrogen) atoms. The number of benzene rings is 1. The Morgan fingerprint density at radius 3 is 2.82 bits per heavy atom. The highest BCUT2D eigenvalue weighted by molar-refractivity contribution is 7.89. The third-order valence-corrected chi connectivity index (χ3v) is 3.02. The average molecular weight is 252 g/mol. The highest BCUT2D eigenvalue weighted by Crippen LogP contribution is 2.19. The van der Waals surface area contributed by atoms with E-state index in [1.54, 1.807) is 6.20 Å². The fourth-order valence-corrected chi connectivity index (χ4v) is 1.86. The predicted octanol–water partition coefficient (Wildman–Crippen LogP) is 0.330. The molecule has 1 heterocycles. The van der Waals surface area contributed by atoms with E-state index in [2.05, 4.69) is 15.5 Å². The first-order valence-electron chi connectivity index (χ1n) is 5.01. The molecule has 3 N–H and O–H groups in total. The van der Waals surface area contributed by atoms with E-state index in [1.165, 1.54) is 0 Å². The Morgan fingerprint density at radius 1 is 1.29 bits per heavy atom. The minimum atomic E-state index is -3.45. The van der Waals surface area contributed by atoms with Crippen LogP contribution in [0, 0.1) is 0 Å². The van der Waals surface area contributed by atoms with Gasteiger partial charge in [0.15, 0.2) is 0 Å². The first kappa shape index (κ1) is 11.7. The van der Waals surface area contributed by atoms with Gasteiger partial charge in [0.05, 0.1) is 23.2 Å². The molecule has 90 valence electrons.